The summed E-state index contributed by atoms with van der Waals surface area (Å²) in [7, 11) is 1.61. The number of hydrogen-bond donors (Lipinski definition) is 0. The lowest BCUT2D eigenvalue weighted by Gasteiger charge is -2.32. The van der Waals surface area contributed by atoms with Crippen molar-refractivity contribution in [1.82, 2.24) is 4.90 Å². The molecule has 1 aromatic rings. The minimum Gasteiger partial charge on any atom is -0.303 e. The van der Waals surface area contributed by atoms with Crippen LogP contribution >= 0.6 is 11.6 Å². The molecule has 1 saturated heterocycles. The van der Waals surface area contributed by atoms with Gasteiger partial charge in [-0.1, -0.05) is 30.7 Å². The lowest BCUT2D eigenvalue weighted by atomic mass is 9.99. The lowest BCUT2D eigenvalue weighted by Crippen LogP contribution is -2.39. The smallest absolute Gasteiger partial charge is 0.0408 e. The Morgan fingerprint density at radius 1 is 1.42 bits per heavy atom. The fourth-order valence-corrected chi connectivity index (χ4v) is 4.19. The van der Waals surface area contributed by atoms with Gasteiger partial charge < -0.3 is 4.90 Å². The summed E-state index contributed by atoms with van der Waals surface area (Å²) >= 11 is 6.04. The van der Waals surface area contributed by atoms with Gasteiger partial charge in [0.2, 0.25) is 0 Å². The predicted octanol–water partition coefficient (Wildman–Crippen LogP) is 3.29. The van der Waals surface area contributed by atoms with E-state index in [4.69, 9.17) is 11.6 Å². The van der Waals surface area contributed by atoms with Crippen molar-refractivity contribution in [2.24, 2.45) is 0 Å². The first-order chi connectivity index (χ1) is 9.06. The maximum Gasteiger partial charge on any atom is 0.0408 e. The quantitative estimate of drug-likeness (QED) is 0.850. The monoisotopic (exact) mass is 299 g/mol. The van der Waals surface area contributed by atoms with Crippen LogP contribution in [0, 0.1) is 0 Å². The second kappa shape index (κ2) is 6.87. The maximum absolute atomic E-state index is 11.4. The molecule has 106 valence electrons. The van der Waals surface area contributed by atoms with E-state index < -0.39 is 10.8 Å². The molecule has 1 atom stereocenters. The standard InChI is InChI=1S/C15H22ClNOS/c1-12(13-4-3-5-14(16)10-13)11-17(2)15-6-8-19(18)9-7-15/h3-5,10,12,15H,6-9,11H2,1-2H3/t12-,15?,19?/m0/s1. The lowest BCUT2D eigenvalue weighted by molar-refractivity contribution is 0.218. The van der Waals surface area contributed by atoms with E-state index >= 15 is 0 Å². The van der Waals surface area contributed by atoms with Crippen molar-refractivity contribution in [3.05, 3.63) is 34.9 Å². The van der Waals surface area contributed by atoms with E-state index in [0.29, 0.717) is 12.0 Å². The highest BCUT2D eigenvalue weighted by Gasteiger charge is 2.22. The molecule has 0 aromatic heterocycles. The van der Waals surface area contributed by atoms with Crippen LogP contribution in [0.5, 0.6) is 0 Å². The number of nitrogens with zero attached hydrogens (tertiary/aromatic N) is 1. The summed E-state index contributed by atoms with van der Waals surface area (Å²) in [5, 5.41) is 0.806. The first kappa shape index (κ1) is 15.0. The van der Waals surface area contributed by atoms with E-state index in [1.54, 1.807) is 0 Å². The zero-order valence-corrected chi connectivity index (χ0v) is 13.2. The van der Waals surface area contributed by atoms with E-state index in [1.165, 1.54) is 5.56 Å². The van der Waals surface area contributed by atoms with Gasteiger partial charge in [-0.3, -0.25) is 4.21 Å². The topological polar surface area (TPSA) is 20.3 Å². The average Bonchev–Trinajstić information content (AvgIpc) is 2.39. The van der Waals surface area contributed by atoms with Crippen molar-refractivity contribution in [2.75, 3.05) is 25.1 Å². The maximum atomic E-state index is 11.4. The Morgan fingerprint density at radius 3 is 2.74 bits per heavy atom. The van der Waals surface area contributed by atoms with Crippen LogP contribution in [0.2, 0.25) is 5.02 Å². The minimum atomic E-state index is -0.573. The Morgan fingerprint density at radius 2 is 2.11 bits per heavy atom. The molecule has 0 amide bonds. The number of rotatable bonds is 4. The Kier molecular flexibility index (Phi) is 5.43. The molecule has 0 unspecified atom stereocenters. The van der Waals surface area contributed by atoms with Gasteiger partial charge in [-0.15, -0.1) is 0 Å². The SMILES string of the molecule is C[C@@H](CN(C)C1CCS(=O)CC1)c1cccc(Cl)c1. The molecular weight excluding hydrogens is 278 g/mol. The number of halogens is 1. The third kappa shape index (κ3) is 4.30. The van der Waals surface area contributed by atoms with Gasteiger partial charge in [0.05, 0.1) is 0 Å². The Hall–Kier alpha value is -0.380. The van der Waals surface area contributed by atoms with Crippen LogP contribution in [0.15, 0.2) is 24.3 Å². The molecule has 1 aromatic carbocycles. The number of hydrogen-bond acceptors (Lipinski definition) is 2. The minimum absolute atomic E-state index is 0.469. The molecular formula is C15H22ClNOS. The molecule has 0 aliphatic carbocycles. The Bertz CT molecular complexity index is 442. The molecule has 0 spiro atoms. The van der Waals surface area contributed by atoms with Crippen LogP contribution in [0.4, 0.5) is 0 Å². The van der Waals surface area contributed by atoms with Gasteiger partial charge in [0.1, 0.15) is 0 Å². The van der Waals surface area contributed by atoms with Gasteiger partial charge >= 0.3 is 0 Å². The summed E-state index contributed by atoms with van der Waals surface area (Å²) < 4.78 is 11.4. The van der Waals surface area contributed by atoms with Crippen LogP contribution in [0.3, 0.4) is 0 Å². The van der Waals surface area contributed by atoms with Crippen molar-refractivity contribution < 1.29 is 4.21 Å². The molecule has 1 aliphatic heterocycles. The van der Waals surface area contributed by atoms with E-state index in [2.05, 4.69) is 31.0 Å². The van der Waals surface area contributed by atoms with Crippen LogP contribution < -0.4 is 0 Å². The fourth-order valence-electron chi connectivity index (χ4n) is 2.72. The summed E-state index contributed by atoms with van der Waals surface area (Å²) in [5.74, 6) is 2.19. The van der Waals surface area contributed by atoms with Gasteiger partial charge in [0.15, 0.2) is 0 Å². The summed E-state index contributed by atoms with van der Waals surface area (Å²) in [6.07, 6.45) is 2.12. The van der Waals surface area contributed by atoms with E-state index in [0.717, 1.165) is 35.9 Å². The molecule has 1 aliphatic rings. The molecule has 4 heteroatoms. The van der Waals surface area contributed by atoms with Gasteiger partial charge in [-0.25, -0.2) is 0 Å². The summed E-state index contributed by atoms with van der Waals surface area (Å²) in [4.78, 5) is 2.42. The molecule has 0 saturated carbocycles. The second-order valence-electron chi connectivity index (χ2n) is 5.47. The third-order valence-corrected chi connectivity index (χ3v) is 5.58. The van der Waals surface area contributed by atoms with Gasteiger partial charge in [0.25, 0.3) is 0 Å². The van der Waals surface area contributed by atoms with E-state index in [-0.39, 0.29) is 0 Å². The zero-order valence-electron chi connectivity index (χ0n) is 11.6. The number of benzene rings is 1. The van der Waals surface area contributed by atoms with Crippen molar-refractivity contribution >= 4 is 22.4 Å². The molecule has 2 nitrogen and oxygen atoms in total. The molecule has 1 fully saturated rings. The highest BCUT2D eigenvalue weighted by atomic mass is 35.5. The fraction of sp³-hybridized carbons (Fsp3) is 0.600. The Labute approximate surface area is 123 Å². The summed E-state index contributed by atoms with van der Waals surface area (Å²) in [5.41, 5.74) is 1.29. The largest absolute Gasteiger partial charge is 0.303 e. The van der Waals surface area contributed by atoms with Crippen molar-refractivity contribution in [3.8, 4) is 0 Å². The van der Waals surface area contributed by atoms with Crippen molar-refractivity contribution in [3.63, 3.8) is 0 Å². The van der Waals surface area contributed by atoms with Gasteiger partial charge in [0, 0.05) is 39.9 Å². The van der Waals surface area contributed by atoms with Crippen LogP contribution in [-0.2, 0) is 10.8 Å². The first-order valence-corrected chi connectivity index (χ1v) is 8.73. The highest BCUT2D eigenvalue weighted by molar-refractivity contribution is 7.85. The number of likely N-dealkylation sites (N-methyl/N-ethyl adjacent to an activating group) is 1. The van der Waals surface area contributed by atoms with Gasteiger partial charge in [-0.05, 0) is 43.5 Å². The molecule has 2 rings (SSSR count). The van der Waals surface area contributed by atoms with E-state index in [1.807, 2.05) is 12.1 Å². The van der Waals surface area contributed by atoms with Crippen molar-refractivity contribution in [2.45, 2.75) is 31.7 Å². The molecule has 0 bridgehead atoms. The third-order valence-electron chi connectivity index (χ3n) is 3.96. The molecule has 1 heterocycles. The van der Waals surface area contributed by atoms with E-state index in [9.17, 15) is 4.21 Å². The van der Waals surface area contributed by atoms with Crippen LogP contribution in [-0.4, -0.2) is 40.2 Å². The molecule has 0 N–H and O–H groups in total. The molecule has 19 heavy (non-hydrogen) atoms. The predicted molar refractivity (Wildman–Crippen MR) is 83.4 cm³/mol. The van der Waals surface area contributed by atoms with Crippen LogP contribution in [0.25, 0.3) is 0 Å². The Balaban J connectivity index is 1.91. The highest BCUT2D eigenvalue weighted by Crippen LogP contribution is 2.22. The summed E-state index contributed by atoms with van der Waals surface area (Å²) in [6, 6.07) is 8.70. The van der Waals surface area contributed by atoms with Crippen LogP contribution in [0.1, 0.15) is 31.2 Å². The average molecular weight is 300 g/mol. The molecule has 0 radical (unpaired) electrons. The van der Waals surface area contributed by atoms with Crippen molar-refractivity contribution in [1.29, 1.82) is 0 Å². The second-order valence-corrected chi connectivity index (χ2v) is 7.61. The summed E-state index contributed by atoms with van der Waals surface area (Å²) in [6.45, 7) is 3.26. The normalized spacial score (nSPS) is 25.5. The zero-order chi connectivity index (χ0) is 13.8. The first-order valence-electron chi connectivity index (χ1n) is 6.87. The van der Waals surface area contributed by atoms with Gasteiger partial charge in [-0.2, -0.15) is 0 Å².